The molecule has 15 heavy (non-hydrogen) atoms. The van der Waals surface area contributed by atoms with Gasteiger partial charge >= 0.3 is 0 Å². The molecule has 0 bridgehead atoms. The Labute approximate surface area is 91.3 Å². The second-order valence-electron chi connectivity index (χ2n) is 3.39. The Bertz CT molecular complexity index is 527. The summed E-state index contributed by atoms with van der Waals surface area (Å²) >= 11 is 5.80. The van der Waals surface area contributed by atoms with Crippen LogP contribution in [0.1, 0.15) is 11.1 Å². The molecule has 1 heterocycles. The van der Waals surface area contributed by atoms with E-state index in [1.165, 1.54) is 6.07 Å². The number of halogens is 2. The number of aryl methyl sites for hydroxylation is 1. The molecule has 0 amide bonds. The molecular weight excluding hydrogens is 217 g/mol. The highest BCUT2D eigenvalue weighted by Gasteiger charge is 2.06. The lowest BCUT2D eigenvalue weighted by Crippen LogP contribution is -1.92. The van der Waals surface area contributed by atoms with Gasteiger partial charge in [-0.3, -0.25) is 0 Å². The summed E-state index contributed by atoms with van der Waals surface area (Å²) in [6.07, 6.45) is 0. The first-order chi connectivity index (χ1) is 7.11. The summed E-state index contributed by atoms with van der Waals surface area (Å²) in [5.74, 6) is -0.303. The molecular formula is C11H9ClFNO. The van der Waals surface area contributed by atoms with Crippen molar-refractivity contribution in [3.05, 3.63) is 40.3 Å². The fraction of sp³-hybridized carbons (Fsp3) is 0.182. The number of nitrogens with zero attached hydrogens (tertiary/aromatic N) is 1. The van der Waals surface area contributed by atoms with Crippen LogP contribution in [0.2, 0.25) is 5.15 Å². The van der Waals surface area contributed by atoms with E-state index in [9.17, 15) is 4.39 Å². The van der Waals surface area contributed by atoms with Gasteiger partial charge in [-0.2, -0.15) is 0 Å². The minimum absolute atomic E-state index is 0.168. The molecule has 78 valence electrons. The van der Waals surface area contributed by atoms with E-state index in [1.54, 1.807) is 19.1 Å². The van der Waals surface area contributed by atoms with Crippen molar-refractivity contribution >= 4 is 22.5 Å². The molecule has 0 aliphatic rings. The zero-order valence-electron chi connectivity index (χ0n) is 8.09. The second-order valence-corrected chi connectivity index (χ2v) is 3.75. The summed E-state index contributed by atoms with van der Waals surface area (Å²) in [6, 6.07) is 4.75. The van der Waals surface area contributed by atoms with Crippen molar-refractivity contribution in [3.63, 3.8) is 0 Å². The molecule has 2 aromatic rings. The highest BCUT2D eigenvalue weighted by molar-refractivity contribution is 6.30. The Morgan fingerprint density at radius 3 is 2.80 bits per heavy atom. The van der Waals surface area contributed by atoms with E-state index in [4.69, 9.17) is 16.7 Å². The molecule has 0 saturated carbocycles. The van der Waals surface area contributed by atoms with Crippen molar-refractivity contribution < 1.29 is 9.50 Å². The van der Waals surface area contributed by atoms with Gasteiger partial charge in [-0.15, -0.1) is 0 Å². The van der Waals surface area contributed by atoms with Gasteiger partial charge in [0.05, 0.1) is 12.1 Å². The third kappa shape index (κ3) is 1.80. The van der Waals surface area contributed by atoms with E-state index in [0.717, 1.165) is 5.39 Å². The number of hydrogen-bond donors (Lipinski definition) is 1. The molecule has 0 spiro atoms. The molecule has 4 heteroatoms. The van der Waals surface area contributed by atoms with E-state index in [0.29, 0.717) is 16.6 Å². The van der Waals surface area contributed by atoms with Crippen LogP contribution < -0.4 is 0 Å². The first-order valence-corrected chi connectivity index (χ1v) is 4.85. The van der Waals surface area contributed by atoms with Crippen molar-refractivity contribution in [1.82, 2.24) is 4.98 Å². The monoisotopic (exact) mass is 225 g/mol. The standard InChI is InChI=1S/C11H9ClFNO/c1-6-2-7-3-8(5-15)11(12)14-10(7)4-9(6)13/h2-4,15H,5H2,1H3. The maximum absolute atomic E-state index is 13.2. The van der Waals surface area contributed by atoms with Crippen LogP contribution in [0.15, 0.2) is 18.2 Å². The summed E-state index contributed by atoms with van der Waals surface area (Å²) in [7, 11) is 0. The first kappa shape index (κ1) is 10.3. The van der Waals surface area contributed by atoms with Crippen molar-refractivity contribution in [1.29, 1.82) is 0 Å². The Kier molecular flexibility index (Phi) is 2.59. The lowest BCUT2D eigenvalue weighted by molar-refractivity contribution is 0.281. The average Bonchev–Trinajstić information content (AvgIpc) is 2.20. The minimum atomic E-state index is -0.303. The molecule has 0 aliphatic carbocycles. The zero-order chi connectivity index (χ0) is 11.0. The van der Waals surface area contributed by atoms with Gasteiger partial charge in [-0.05, 0) is 24.6 Å². The number of fused-ring (bicyclic) bond motifs is 1. The molecule has 0 radical (unpaired) electrons. The number of benzene rings is 1. The van der Waals surface area contributed by atoms with Crippen LogP contribution in [0.5, 0.6) is 0 Å². The van der Waals surface area contributed by atoms with E-state index in [2.05, 4.69) is 4.98 Å². The molecule has 2 rings (SSSR count). The fourth-order valence-electron chi connectivity index (χ4n) is 1.44. The Morgan fingerprint density at radius 2 is 2.13 bits per heavy atom. The number of aromatic nitrogens is 1. The second kappa shape index (κ2) is 3.76. The summed E-state index contributed by atoms with van der Waals surface area (Å²) in [5, 5.41) is 10.00. The van der Waals surface area contributed by atoms with E-state index >= 15 is 0 Å². The fourth-order valence-corrected chi connectivity index (χ4v) is 1.65. The molecule has 0 atom stereocenters. The topological polar surface area (TPSA) is 33.1 Å². The molecule has 0 unspecified atom stereocenters. The summed E-state index contributed by atoms with van der Waals surface area (Å²) < 4.78 is 13.2. The van der Waals surface area contributed by atoms with Crippen LogP contribution in [0.3, 0.4) is 0 Å². The predicted octanol–water partition coefficient (Wildman–Crippen LogP) is 2.83. The molecule has 1 aromatic heterocycles. The molecule has 2 nitrogen and oxygen atoms in total. The van der Waals surface area contributed by atoms with Crippen LogP contribution in [0.25, 0.3) is 10.9 Å². The van der Waals surface area contributed by atoms with E-state index in [1.807, 2.05) is 0 Å². The van der Waals surface area contributed by atoms with Gasteiger partial charge in [-0.25, -0.2) is 9.37 Å². The SMILES string of the molecule is Cc1cc2cc(CO)c(Cl)nc2cc1F. The Balaban J connectivity index is 2.76. The van der Waals surface area contributed by atoms with Gasteiger partial charge < -0.3 is 5.11 Å². The maximum atomic E-state index is 13.2. The number of pyridine rings is 1. The smallest absolute Gasteiger partial charge is 0.135 e. The summed E-state index contributed by atoms with van der Waals surface area (Å²) in [5.41, 5.74) is 1.60. The third-order valence-corrected chi connectivity index (χ3v) is 2.62. The highest BCUT2D eigenvalue weighted by Crippen LogP contribution is 2.22. The van der Waals surface area contributed by atoms with Gasteiger partial charge in [0.25, 0.3) is 0 Å². The molecule has 0 aliphatic heterocycles. The van der Waals surface area contributed by atoms with Crippen LogP contribution in [0.4, 0.5) is 4.39 Å². The largest absolute Gasteiger partial charge is 0.392 e. The van der Waals surface area contributed by atoms with Crippen LogP contribution in [-0.4, -0.2) is 10.1 Å². The number of hydrogen-bond acceptors (Lipinski definition) is 2. The first-order valence-electron chi connectivity index (χ1n) is 4.48. The van der Waals surface area contributed by atoms with Crippen molar-refractivity contribution in [2.75, 3.05) is 0 Å². The third-order valence-electron chi connectivity index (χ3n) is 2.29. The number of aliphatic hydroxyl groups is 1. The van der Waals surface area contributed by atoms with Gasteiger partial charge in [0.2, 0.25) is 0 Å². The van der Waals surface area contributed by atoms with Crippen molar-refractivity contribution in [2.24, 2.45) is 0 Å². The van der Waals surface area contributed by atoms with Gasteiger partial charge in [-0.1, -0.05) is 11.6 Å². The van der Waals surface area contributed by atoms with Crippen LogP contribution >= 0.6 is 11.6 Å². The Hall–Kier alpha value is -1.19. The highest BCUT2D eigenvalue weighted by atomic mass is 35.5. The lowest BCUT2D eigenvalue weighted by atomic mass is 10.1. The van der Waals surface area contributed by atoms with E-state index in [-0.39, 0.29) is 17.6 Å². The quantitative estimate of drug-likeness (QED) is 0.757. The number of rotatable bonds is 1. The lowest BCUT2D eigenvalue weighted by Gasteiger charge is -2.04. The van der Waals surface area contributed by atoms with Crippen molar-refractivity contribution in [3.8, 4) is 0 Å². The van der Waals surface area contributed by atoms with Gasteiger partial charge in [0.15, 0.2) is 0 Å². The Morgan fingerprint density at radius 1 is 1.40 bits per heavy atom. The average molecular weight is 226 g/mol. The molecule has 0 saturated heterocycles. The molecule has 1 aromatic carbocycles. The van der Waals surface area contributed by atoms with E-state index < -0.39 is 0 Å². The zero-order valence-corrected chi connectivity index (χ0v) is 8.85. The molecule has 1 N–H and O–H groups in total. The molecule has 0 fully saturated rings. The minimum Gasteiger partial charge on any atom is -0.392 e. The summed E-state index contributed by atoms with van der Waals surface area (Å²) in [4.78, 5) is 4.01. The van der Waals surface area contributed by atoms with Crippen LogP contribution in [0, 0.1) is 12.7 Å². The summed E-state index contributed by atoms with van der Waals surface area (Å²) in [6.45, 7) is 1.51. The maximum Gasteiger partial charge on any atom is 0.135 e. The van der Waals surface area contributed by atoms with Gasteiger partial charge in [0, 0.05) is 17.0 Å². The predicted molar refractivity (Wildman–Crippen MR) is 57.4 cm³/mol. The van der Waals surface area contributed by atoms with Crippen LogP contribution in [-0.2, 0) is 6.61 Å². The number of aliphatic hydroxyl groups excluding tert-OH is 1. The normalized spacial score (nSPS) is 10.9. The van der Waals surface area contributed by atoms with Gasteiger partial charge in [0.1, 0.15) is 11.0 Å². The van der Waals surface area contributed by atoms with Crippen molar-refractivity contribution in [2.45, 2.75) is 13.5 Å².